The zero-order chi connectivity index (χ0) is 29.9. The number of hydrogen-bond acceptors (Lipinski definition) is 6. The van der Waals surface area contributed by atoms with Gasteiger partial charge in [-0.2, -0.15) is 10.2 Å². The molecule has 0 aromatic rings. The van der Waals surface area contributed by atoms with E-state index in [1.165, 1.54) is 122 Å². The molecule has 0 amide bonds. The molecule has 1 rings (SSSR count). The fourth-order valence-corrected chi connectivity index (χ4v) is 5.50. The molecule has 0 aliphatic carbocycles. The van der Waals surface area contributed by atoms with Gasteiger partial charge in [-0.05, 0) is 45.4 Å². The van der Waals surface area contributed by atoms with Crippen LogP contribution in [-0.2, 0) is 19.1 Å². The van der Waals surface area contributed by atoms with E-state index in [4.69, 9.17) is 9.47 Å². The van der Waals surface area contributed by atoms with Gasteiger partial charge < -0.3 is 9.47 Å². The van der Waals surface area contributed by atoms with E-state index in [1.54, 1.807) is 6.92 Å². The van der Waals surface area contributed by atoms with Crippen molar-refractivity contribution in [3.8, 4) is 0 Å². The van der Waals surface area contributed by atoms with E-state index in [9.17, 15) is 9.59 Å². The SMILES string of the molecule is CCCCCCCCCCCCCC(=O)OCC(C)OC(=O)CCCCC1(CCCCCCCCCCCC)N=N1. The smallest absolute Gasteiger partial charge is 0.306 e. The Morgan fingerprint density at radius 1 is 0.537 bits per heavy atom. The van der Waals surface area contributed by atoms with Gasteiger partial charge in [0.2, 0.25) is 0 Å². The largest absolute Gasteiger partial charge is 0.462 e. The van der Waals surface area contributed by atoms with Crippen LogP contribution in [0, 0.1) is 0 Å². The zero-order valence-corrected chi connectivity index (χ0v) is 27.4. The molecule has 6 nitrogen and oxygen atoms in total. The van der Waals surface area contributed by atoms with Crippen molar-refractivity contribution in [2.24, 2.45) is 10.2 Å². The molecule has 1 aliphatic rings. The van der Waals surface area contributed by atoms with Gasteiger partial charge in [0, 0.05) is 12.8 Å². The van der Waals surface area contributed by atoms with Crippen LogP contribution in [0.4, 0.5) is 0 Å². The molecule has 0 radical (unpaired) electrons. The summed E-state index contributed by atoms with van der Waals surface area (Å²) >= 11 is 0. The Kier molecular flexibility index (Phi) is 24.0. The van der Waals surface area contributed by atoms with Gasteiger partial charge in [0.05, 0.1) is 0 Å². The average Bonchev–Trinajstić information content (AvgIpc) is 3.73. The fraction of sp³-hybridized carbons (Fsp3) is 0.943. The molecular weight excluding hydrogens is 512 g/mol. The van der Waals surface area contributed by atoms with Crippen LogP contribution in [0.3, 0.4) is 0 Å². The van der Waals surface area contributed by atoms with Crippen LogP contribution in [0.2, 0.25) is 0 Å². The van der Waals surface area contributed by atoms with E-state index in [-0.39, 0.29) is 24.2 Å². The minimum absolute atomic E-state index is 0.141. The van der Waals surface area contributed by atoms with Crippen molar-refractivity contribution < 1.29 is 19.1 Å². The predicted octanol–water partition coefficient (Wildman–Crippen LogP) is 11.2. The van der Waals surface area contributed by atoms with E-state index in [2.05, 4.69) is 24.1 Å². The third-order valence-corrected chi connectivity index (χ3v) is 8.32. The van der Waals surface area contributed by atoms with Crippen LogP contribution < -0.4 is 0 Å². The van der Waals surface area contributed by atoms with E-state index in [0.29, 0.717) is 12.8 Å². The van der Waals surface area contributed by atoms with Crippen molar-refractivity contribution in [3.05, 3.63) is 0 Å². The van der Waals surface area contributed by atoms with E-state index < -0.39 is 6.10 Å². The number of carbonyl (C=O) groups excluding carboxylic acids is 2. The standard InChI is InChI=1S/C35H66N2O4/c1-4-6-8-10-12-14-16-17-19-21-23-27-33(38)40-31-32(3)41-34(39)28-24-26-30-35(36-37-35)29-25-22-20-18-15-13-11-9-7-5-2/h32H,4-31H2,1-3H3. The maximum atomic E-state index is 12.2. The highest BCUT2D eigenvalue weighted by Crippen LogP contribution is 2.38. The molecule has 1 unspecified atom stereocenters. The second-order valence-corrected chi connectivity index (χ2v) is 12.6. The molecule has 0 spiro atoms. The van der Waals surface area contributed by atoms with Crippen LogP contribution in [0.1, 0.15) is 194 Å². The highest BCUT2D eigenvalue weighted by molar-refractivity contribution is 5.70. The van der Waals surface area contributed by atoms with Gasteiger partial charge in [-0.1, -0.05) is 136 Å². The van der Waals surface area contributed by atoms with Gasteiger partial charge in [0.25, 0.3) is 0 Å². The van der Waals surface area contributed by atoms with E-state index in [0.717, 1.165) is 38.5 Å². The Balaban J connectivity index is 1.91. The van der Waals surface area contributed by atoms with Crippen molar-refractivity contribution >= 4 is 11.9 Å². The second-order valence-electron chi connectivity index (χ2n) is 12.6. The van der Waals surface area contributed by atoms with E-state index in [1.807, 2.05) is 0 Å². The summed E-state index contributed by atoms with van der Waals surface area (Å²) in [5, 5.41) is 8.66. The van der Waals surface area contributed by atoms with Gasteiger partial charge in [0.15, 0.2) is 5.66 Å². The zero-order valence-electron chi connectivity index (χ0n) is 27.4. The summed E-state index contributed by atoms with van der Waals surface area (Å²) in [6.45, 7) is 6.45. The molecule has 41 heavy (non-hydrogen) atoms. The molecule has 0 saturated heterocycles. The third-order valence-electron chi connectivity index (χ3n) is 8.32. The number of esters is 2. The number of carbonyl (C=O) groups is 2. The predicted molar refractivity (Wildman–Crippen MR) is 170 cm³/mol. The van der Waals surface area contributed by atoms with Gasteiger partial charge in [-0.15, -0.1) is 0 Å². The van der Waals surface area contributed by atoms with E-state index >= 15 is 0 Å². The molecule has 0 aromatic heterocycles. The molecule has 0 N–H and O–H groups in total. The molecule has 1 atom stereocenters. The first-order valence-electron chi connectivity index (χ1n) is 17.8. The first-order valence-corrected chi connectivity index (χ1v) is 17.8. The molecule has 6 heteroatoms. The Labute approximate surface area is 253 Å². The van der Waals surface area contributed by atoms with Crippen LogP contribution in [-0.4, -0.2) is 30.3 Å². The highest BCUT2D eigenvalue weighted by Gasteiger charge is 2.38. The molecule has 0 saturated carbocycles. The summed E-state index contributed by atoms with van der Waals surface area (Å²) in [6.07, 6.45) is 31.4. The number of unbranched alkanes of at least 4 members (excludes halogenated alkanes) is 20. The lowest BCUT2D eigenvalue weighted by atomic mass is 9.98. The fourth-order valence-electron chi connectivity index (χ4n) is 5.50. The molecule has 0 aromatic carbocycles. The minimum atomic E-state index is -0.403. The average molecular weight is 579 g/mol. The first kappa shape index (κ1) is 37.6. The van der Waals surface area contributed by atoms with Crippen LogP contribution in [0.15, 0.2) is 10.2 Å². The monoisotopic (exact) mass is 579 g/mol. The summed E-state index contributed by atoms with van der Waals surface area (Å²) in [5.74, 6) is -0.402. The molecule has 1 heterocycles. The summed E-state index contributed by atoms with van der Waals surface area (Å²) < 4.78 is 10.8. The summed E-state index contributed by atoms with van der Waals surface area (Å²) in [7, 11) is 0. The normalized spacial score (nSPS) is 14.2. The Morgan fingerprint density at radius 3 is 1.37 bits per heavy atom. The Morgan fingerprint density at radius 2 is 0.902 bits per heavy atom. The highest BCUT2D eigenvalue weighted by atomic mass is 16.6. The minimum Gasteiger partial charge on any atom is -0.462 e. The Bertz CT molecular complexity index is 661. The quantitative estimate of drug-likeness (QED) is 0.0605. The van der Waals surface area contributed by atoms with Crippen molar-refractivity contribution in [2.45, 2.75) is 206 Å². The maximum Gasteiger partial charge on any atom is 0.306 e. The molecule has 240 valence electrons. The topological polar surface area (TPSA) is 77.3 Å². The maximum absolute atomic E-state index is 12.2. The number of hydrogen-bond donors (Lipinski definition) is 0. The number of ether oxygens (including phenoxy) is 2. The van der Waals surface area contributed by atoms with Crippen molar-refractivity contribution in [2.75, 3.05) is 6.61 Å². The second kappa shape index (κ2) is 26.2. The molecule has 1 aliphatic heterocycles. The van der Waals surface area contributed by atoms with Crippen LogP contribution >= 0.6 is 0 Å². The van der Waals surface area contributed by atoms with Gasteiger partial charge in [-0.3, -0.25) is 9.59 Å². The first-order chi connectivity index (χ1) is 20.0. The summed E-state index contributed by atoms with van der Waals surface area (Å²) in [6, 6.07) is 0. The molecule has 0 bridgehead atoms. The lowest BCUT2D eigenvalue weighted by molar-refractivity contribution is -0.158. The summed E-state index contributed by atoms with van der Waals surface area (Å²) in [4.78, 5) is 24.2. The molecule has 0 fully saturated rings. The van der Waals surface area contributed by atoms with Gasteiger partial charge in [-0.25, -0.2) is 0 Å². The van der Waals surface area contributed by atoms with Crippen molar-refractivity contribution in [3.63, 3.8) is 0 Å². The van der Waals surface area contributed by atoms with Crippen LogP contribution in [0.5, 0.6) is 0 Å². The Hall–Kier alpha value is -1.46. The number of nitrogens with zero attached hydrogens (tertiary/aromatic N) is 2. The number of rotatable bonds is 31. The lowest BCUT2D eigenvalue weighted by Gasteiger charge is -2.14. The van der Waals surface area contributed by atoms with Crippen molar-refractivity contribution in [1.82, 2.24) is 0 Å². The lowest BCUT2D eigenvalue weighted by Crippen LogP contribution is -2.22. The summed E-state index contributed by atoms with van der Waals surface area (Å²) in [5.41, 5.74) is -0.153. The van der Waals surface area contributed by atoms with Crippen molar-refractivity contribution in [1.29, 1.82) is 0 Å². The van der Waals surface area contributed by atoms with Gasteiger partial charge in [0.1, 0.15) is 12.7 Å². The van der Waals surface area contributed by atoms with Gasteiger partial charge >= 0.3 is 11.9 Å². The molecular formula is C35H66N2O4. The van der Waals surface area contributed by atoms with Crippen LogP contribution in [0.25, 0.3) is 0 Å². The third kappa shape index (κ3) is 23.8.